The lowest BCUT2D eigenvalue weighted by Crippen LogP contribution is -2.56. The van der Waals surface area contributed by atoms with Crippen molar-refractivity contribution in [3.8, 4) is 6.07 Å². The van der Waals surface area contributed by atoms with E-state index < -0.39 is 0 Å². The third-order valence-corrected chi connectivity index (χ3v) is 7.46. The molecule has 0 spiro atoms. The Morgan fingerprint density at radius 3 is 2.77 bits per heavy atom. The van der Waals surface area contributed by atoms with Crippen molar-refractivity contribution in [1.82, 2.24) is 14.8 Å². The number of piperazine rings is 1. The fraction of sp³-hybridized carbons (Fsp3) is 0.290. The Labute approximate surface area is 229 Å². The molecular weight excluding hydrogens is 486 g/mol. The van der Waals surface area contributed by atoms with Gasteiger partial charge in [0, 0.05) is 74.0 Å². The van der Waals surface area contributed by atoms with Gasteiger partial charge < -0.3 is 20.4 Å². The molecule has 0 aliphatic carbocycles. The molecule has 2 aliphatic heterocycles. The Bertz CT molecular complexity index is 1470. The second-order valence-electron chi connectivity index (χ2n) is 9.83. The fourth-order valence-corrected chi connectivity index (χ4v) is 5.56. The molecule has 0 unspecified atom stereocenters. The number of carbonyl (C=O) groups excluding carboxylic acids is 1. The van der Waals surface area contributed by atoms with Gasteiger partial charge in [0.2, 0.25) is 5.91 Å². The molecule has 198 valence electrons. The first-order valence-electron chi connectivity index (χ1n) is 13.3. The van der Waals surface area contributed by atoms with Crippen LogP contribution in [0.15, 0.2) is 89.3 Å². The van der Waals surface area contributed by atoms with E-state index in [1.807, 2.05) is 12.1 Å². The predicted octanol–water partition coefficient (Wildman–Crippen LogP) is 3.83. The van der Waals surface area contributed by atoms with Gasteiger partial charge in [0.15, 0.2) is 0 Å². The third-order valence-electron chi connectivity index (χ3n) is 7.46. The van der Waals surface area contributed by atoms with Crippen LogP contribution in [0.4, 0.5) is 5.69 Å². The number of benzene rings is 2. The Balaban J connectivity index is 1.31. The number of pyridine rings is 1. The zero-order valence-corrected chi connectivity index (χ0v) is 22.2. The summed E-state index contributed by atoms with van der Waals surface area (Å²) >= 11 is 0. The Hall–Kier alpha value is -4.64. The standard InChI is InChI=1S/C31H33N7O/c1-34-31(27-14-17-36(22-28(27)33)29-10-4-8-24-7-2-3-9-26(24)29)37-18-19-38(25(21-37)13-15-32)30(39)12-11-23-6-5-16-35-20-23/h2-12,16,20,25H,13-14,17-19,21-22,33H2,1H3/b12-11+,34-31?/t25-/m0/s1. The van der Waals surface area contributed by atoms with Gasteiger partial charge >= 0.3 is 0 Å². The third kappa shape index (κ3) is 5.63. The summed E-state index contributed by atoms with van der Waals surface area (Å²) in [5, 5.41) is 11.9. The number of fused-ring (bicyclic) bond motifs is 1. The van der Waals surface area contributed by atoms with E-state index in [1.165, 1.54) is 16.5 Å². The first-order valence-corrected chi connectivity index (χ1v) is 13.3. The molecule has 1 amide bonds. The van der Waals surface area contributed by atoms with Gasteiger partial charge in [0.25, 0.3) is 0 Å². The SMILES string of the molecule is CN=C(C1=C(N)CN(c2cccc3ccccc23)CC1)N1CCN(C(=O)/C=C/c2cccnc2)[C@@H](CC#N)C1. The number of amides is 1. The summed E-state index contributed by atoms with van der Waals surface area (Å²) in [7, 11) is 1.79. The van der Waals surface area contributed by atoms with Crippen molar-refractivity contribution in [3.63, 3.8) is 0 Å². The minimum Gasteiger partial charge on any atom is -0.400 e. The first-order chi connectivity index (χ1) is 19.1. The molecule has 5 rings (SSSR count). The number of aliphatic imine (C=N–C) groups is 1. The number of nitrogens with zero attached hydrogens (tertiary/aromatic N) is 6. The van der Waals surface area contributed by atoms with Crippen LogP contribution in [0.1, 0.15) is 18.4 Å². The van der Waals surface area contributed by atoms with Crippen LogP contribution >= 0.6 is 0 Å². The number of rotatable bonds is 5. The Kier molecular flexibility index (Phi) is 7.88. The molecule has 0 radical (unpaired) electrons. The molecule has 1 atom stereocenters. The second kappa shape index (κ2) is 11.8. The van der Waals surface area contributed by atoms with Crippen LogP contribution in [-0.4, -0.2) is 72.3 Å². The van der Waals surface area contributed by atoms with Crippen LogP contribution in [0.5, 0.6) is 0 Å². The second-order valence-corrected chi connectivity index (χ2v) is 9.83. The summed E-state index contributed by atoms with van der Waals surface area (Å²) in [5.74, 6) is 0.766. The predicted molar refractivity (Wildman–Crippen MR) is 156 cm³/mol. The molecule has 8 nitrogen and oxygen atoms in total. The van der Waals surface area contributed by atoms with Gasteiger partial charge in [-0.2, -0.15) is 5.26 Å². The van der Waals surface area contributed by atoms with E-state index in [4.69, 9.17) is 5.73 Å². The van der Waals surface area contributed by atoms with Crippen molar-refractivity contribution < 1.29 is 4.79 Å². The lowest BCUT2D eigenvalue weighted by Gasteiger charge is -2.43. The molecule has 3 aromatic rings. The highest BCUT2D eigenvalue weighted by molar-refractivity contribution is 6.00. The van der Waals surface area contributed by atoms with Crippen LogP contribution in [0.25, 0.3) is 16.8 Å². The van der Waals surface area contributed by atoms with Gasteiger partial charge in [-0.15, -0.1) is 0 Å². The van der Waals surface area contributed by atoms with E-state index in [9.17, 15) is 10.1 Å². The maximum Gasteiger partial charge on any atom is 0.246 e. The van der Waals surface area contributed by atoms with Gasteiger partial charge in [0.1, 0.15) is 5.84 Å². The van der Waals surface area contributed by atoms with E-state index in [-0.39, 0.29) is 18.4 Å². The molecule has 1 saturated heterocycles. The number of amidine groups is 1. The molecule has 0 bridgehead atoms. The van der Waals surface area contributed by atoms with Gasteiger partial charge in [-0.05, 0) is 35.6 Å². The number of anilines is 1. The summed E-state index contributed by atoms with van der Waals surface area (Å²) in [4.78, 5) is 28.1. The molecule has 8 heteroatoms. The van der Waals surface area contributed by atoms with Crippen molar-refractivity contribution in [1.29, 1.82) is 5.26 Å². The van der Waals surface area contributed by atoms with Crippen molar-refractivity contribution in [2.75, 3.05) is 44.7 Å². The summed E-state index contributed by atoms with van der Waals surface area (Å²) < 4.78 is 0. The number of aromatic nitrogens is 1. The highest BCUT2D eigenvalue weighted by Gasteiger charge is 2.33. The molecule has 0 saturated carbocycles. The van der Waals surface area contributed by atoms with Gasteiger partial charge in [-0.1, -0.05) is 42.5 Å². The lowest BCUT2D eigenvalue weighted by molar-refractivity contribution is -0.129. The van der Waals surface area contributed by atoms with Crippen LogP contribution in [0, 0.1) is 11.3 Å². The quantitative estimate of drug-likeness (QED) is 0.312. The number of nitriles is 1. The van der Waals surface area contributed by atoms with Crippen LogP contribution in [-0.2, 0) is 4.79 Å². The summed E-state index contributed by atoms with van der Waals surface area (Å²) in [5.41, 5.74) is 10.6. The zero-order valence-electron chi connectivity index (χ0n) is 22.2. The smallest absolute Gasteiger partial charge is 0.246 e. The van der Waals surface area contributed by atoms with Gasteiger partial charge in [-0.25, -0.2) is 0 Å². The molecule has 1 fully saturated rings. The fourth-order valence-electron chi connectivity index (χ4n) is 5.56. The molecular formula is C31H33N7O. The topological polar surface area (TPSA) is 102 Å². The largest absolute Gasteiger partial charge is 0.400 e. The summed E-state index contributed by atoms with van der Waals surface area (Å²) in [6, 6.07) is 20.5. The molecule has 1 aromatic heterocycles. The van der Waals surface area contributed by atoms with Gasteiger partial charge in [-0.3, -0.25) is 14.8 Å². The van der Waals surface area contributed by atoms with Crippen molar-refractivity contribution >= 4 is 34.3 Å². The first kappa shape index (κ1) is 26.0. The van der Waals surface area contributed by atoms with E-state index in [1.54, 1.807) is 36.5 Å². The molecule has 2 N–H and O–H groups in total. The van der Waals surface area contributed by atoms with E-state index in [2.05, 4.69) is 68.3 Å². The highest BCUT2D eigenvalue weighted by Crippen LogP contribution is 2.30. The summed E-state index contributed by atoms with van der Waals surface area (Å²) in [6.45, 7) is 3.14. The molecule has 2 aliphatic rings. The number of carbonyl (C=O) groups is 1. The number of hydrogen-bond acceptors (Lipinski definition) is 6. The van der Waals surface area contributed by atoms with Crippen molar-refractivity contribution in [3.05, 3.63) is 89.9 Å². The maximum absolute atomic E-state index is 13.0. The molecule has 2 aromatic carbocycles. The van der Waals surface area contributed by atoms with Gasteiger partial charge in [0.05, 0.1) is 25.1 Å². The van der Waals surface area contributed by atoms with E-state index in [0.717, 1.165) is 35.6 Å². The number of nitrogens with two attached hydrogens (primary N) is 1. The van der Waals surface area contributed by atoms with Crippen molar-refractivity contribution in [2.45, 2.75) is 18.9 Å². The van der Waals surface area contributed by atoms with Crippen molar-refractivity contribution in [2.24, 2.45) is 10.7 Å². The normalized spacial score (nSPS) is 18.6. The average Bonchev–Trinajstić information content (AvgIpc) is 2.97. The van der Waals surface area contributed by atoms with Crippen LogP contribution < -0.4 is 10.6 Å². The summed E-state index contributed by atoms with van der Waals surface area (Å²) in [6.07, 6.45) is 7.77. The monoisotopic (exact) mass is 519 g/mol. The zero-order chi connectivity index (χ0) is 27.2. The van der Waals surface area contributed by atoms with Crippen LogP contribution in [0.3, 0.4) is 0 Å². The minimum atomic E-state index is -0.232. The van der Waals surface area contributed by atoms with E-state index in [0.29, 0.717) is 26.2 Å². The van der Waals surface area contributed by atoms with E-state index >= 15 is 0 Å². The Morgan fingerprint density at radius 2 is 2.00 bits per heavy atom. The lowest BCUT2D eigenvalue weighted by atomic mass is 9.99. The highest BCUT2D eigenvalue weighted by atomic mass is 16.2. The maximum atomic E-state index is 13.0. The number of hydrogen-bond donors (Lipinski definition) is 1. The minimum absolute atomic E-state index is 0.101. The Morgan fingerprint density at radius 1 is 1.15 bits per heavy atom. The molecule has 3 heterocycles. The van der Waals surface area contributed by atoms with Crippen LogP contribution in [0.2, 0.25) is 0 Å². The average molecular weight is 520 g/mol. The molecule has 39 heavy (non-hydrogen) atoms.